The van der Waals surface area contributed by atoms with Gasteiger partial charge in [0.25, 0.3) is 20.1 Å². The van der Waals surface area contributed by atoms with Crippen molar-refractivity contribution in [2.75, 3.05) is 19.6 Å². The zero-order chi connectivity index (χ0) is 74.7. The second-order valence-corrected chi connectivity index (χ2v) is 33.0. The molecule has 111 heavy (non-hydrogen) atoms. The van der Waals surface area contributed by atoms with Crippen molar-refractivity contribution >= 4 is 181 Å². The van der Waals surface area contributed by atoms with Gasteiger partial charge in [-0.2, -0.15) is 0 Å². The van der Waals surface area contributed by atoms with Crippen LogP contribution in [-0.4, -0.2) is 29.3 Å². The van der Waals surface area contributed by atoms with Gasteiger partial charge in [0.05, 0.1) is 22.4 Å². The van der Waals surface area contributed by atoms with E-state index in [4.69, 9.17) is 0 Å². The first-order valence-corrected chi connectivity index (χ1v) is 39.6. The summed E-state index contributed by atoms with van der Waals surface area (Å²) >= 11 is 0. The lowest BCUT2D eigenvalue weighted by atomic mass is 9.26. The van der Waals surface area contributed by atoms with E-state index in [1.54, 1.807) is 0 Å². The minimum Gasteiger partial charge on any atom is -0.312 e. The molecule has 0 bridgehead atoms. The van der Waals surface area contributed by atoms with Gasteiger partial charge in [-0.15, -0.1) is 0 Å². The Hall–Kier alpha value is -12.7. The number of hydrogen-bond acceptors (Lipinski definition) is 4. The Morgan fingerprint density at radius 2 is 0.559 bits per heavy atom. The molecule has 6 aliphatic rings. The average Bonchev–Trinajstić information content (AvgIpc) is 1.54. The molecule has 15 aromatic carbocycles. The maximum Gasteiger partial charge on any atom is 0.252 e. The second kappa shape index (κ2) is 22.9. The molecule has 8 heterocycles. The van der Waals surface area contributed by atoms with Crippen LogP contribution in [0.4, 0.5) is 68.2 Å². The molecular weight excluding hydrogens is 1340 g/mol. The van der Waals surface area contributed by atoms with Crippen molar-refractivity contribution < 1.29 is 0 Å². The van der Waals surface area contributed by atoms with Crippen LogP contribution in [0.15, 0.2) is 261 Å². The van der Waals surface area contributed by atoms with E-state index in [1.807, 2.05) is 0 Å². The average molecular weight is 1420 g/mol. The summed E-state index contributed by atoms with van der Waals surface area (Å²) in [5.74, 6) is 0. The molecule has 0 saturated heterocycles. The highest BCUT2D eigenvalue weighted by Gasteiger charge is 2.55. The SMILES string of the molecule is Cc1cc(C)c(N(c2cc3c4c(c2)-n2c5ccccc5c5cccc(c52)B4c2cc4c5c6c2N3c2cc(-c3ccccc3)ccc2B6c2ccc(-c3ccccc3)cc2N5c2cc(N(c3cc(C)c(C)cc3C)c3cc(C)c(C)cc3C)cc3c2B4c2cccc4c5ccccc5n-3c24)c2cc(C)c(C)cc2C)cc1C. The van der Waals surface area contributed by atoms with Crippen LogP contribution in [0.25, 0.3) is 77.2 Å². The van der Waals surface area contributed by atoms with E-state index in [-0.39, 0.29) is 20.1 Å². The quantitative estimate of drug-likeness (QED) is 0.141. The summed E-state index contributed by atoms with van der Waals surface area (Å²) in [5, 5.41) is 5.06. The zero-order valence-electron chi connectivity index (χ0n) is 64.7. The molecule has 17 aromatic rings. The number of benzene rings is 15. The molecule has 2 aromatic heterocycles. The Morgan fingerprint density at radius 3 is 0.946 bits per heavy atom. The minimum atomic E-state index is -0.188. The van der Waals surface area contributed by atoms with Crippen molar-refractivity contribution in [1.82, 2.24) is 9.13 Å². The van der Waals surface area contributed by atoms with Crippen molar-refractivity contribution in [3.63, 3.8) is 0 Å². The predicted octanol–water partition coefficient (Wildman–Crippen LogP) is 20.2. The van der Waals surface area contributed by atoms with E-state index < -0.39 is 0 Å². The molecule has 0 amide bonds. The topological polar surface area (TPSA) is 22.8 Å². The highest BCUT2D eigenvalue weighted by atomic mass is 15.2. The lowest BCUT2D eigenvalue weighted by molar-refractivity contribution is 1.14. The third-order valence-electron chi connectivity index (χ3n) is 26.7. The number of aromatic nitrogens is 2. The summed E-state index contributed by atoms with van der Waals surface area (Å²) in [6.07, 6.45) is 0. The number of rotatable bonds is 8. The van der Waals surface area contributed by atoms with Gasteiger partial charge in [-0.25, -0.2) is 0 Å². The van der Waals surface area contributed by atoms with E-state index in [9.17, 15) is 0 Å². The lowest BCUT2D eigenvalue weighted by Gasteiger charge is -2.52. The fourth-order valence-corrected chi connectivity index (χ4v) is 21.1. The van der Waals surface area contributed by atoms with E-state index in [0.717, 1.165) is 11.4 Å². The molecule has 526 valence electrons. The highest BCUT2D eigenvalue weighted by molar-refractivity contribution is 7.07. The molecule has 0 saturated carbocycles. The summed E-state index contributed by atoms with van der Waals surface area (Å²) in [6.45, 7) is 26.9. The summed E-state index contributed by atoms with van der Waals surface area (Å²) in [5.41, 5.74) is 53.5. The Labute approximate surface area is 650 Å². The van der Waals surface area contributed by atoms with E-state index >= 15 is 0 Å². The van der Waals surface area contributed by atoms with Gasteiger partial charge >= 0.3 is 0 Å². The molecule has 0 unspecified atom stereocenters. The maximum atomic E-state index is 2.81. The lowest BCUT2D eigenvalue weighted by Crippen LogP contribution is -2.72. The van der Waals surface area contributed by atoms with E-state index in [2.05, 4.69) is 373 Å². The van der Waals surface area contributed by atoms with Crippen molar-refractivity contribution in [2.24, 2.45) is 0 Å². The van der Waals surface area contributed by atoms with Crippen LogP contribution in [0, 0.1) is 83.1 Å². The van der Waals surface area contributed by atoms with Crippen molar-refractivity contribution in [3.05, 3.63) is 328 Å². The van der Waals surface area contributed by atoms with Crippen molar-refractivity contribution in [1.29, 1.82) is 0 Å². The van der Waals surface area contributed by atoms with Crippen molar-refractivity contribution in [3.8, 4) is 33.6 Å². The van der Waals surface area contributed by atoms with E-state index in [1.165, 1.54) is 250 Å². The zero-order valence-corrected chi connectivity index (χ0v) is 64.7. The molecule has 9 heteroatoms. The molecule has 23 rings (SSSR count). The number of para-hydroxylation sites is 4. The highest BCUT2D eigenvalue weighted by Crippen LogP contribution is 2.54. The summed E-state index contributed by atoms with van der Waals surface area (Å²) in [4.78, 5) is 10.9. The van der Waals surface area contributed by atoms with Crippen LogP contribution >= 0.6 is 0 Å². The number of nitrogens with zero attached hydrogens (tertiary/aromatic N) is 6. The number of anilines is 12. The van der Waals surface area contributed by atoms with Crippen LogP contribution in [0.2, 0.25) is 0 Å². The normalized spacial score (nSPS) is 13.3. The monoisotopic (exact) mass is 1420 g/mol. The third-order valence-corrected chi connectivity index (χ3v) is 26.7. The standard InChI is InChI=1S/C102H79B3N6/c1-56-41-64(9)86(45-60(56)5)106(87-46-61(6)57(2)42-65(87)10)72-51-92-96-94(53-72)110-90-49-70(68-25-15-13-16-26-68)37-39-78(90)103-79-40-38-71(69-27-17-14-18-28-69)50-91(79)111-95-54-73(107(88-47-62(7)58(3)43-66(88)11)89-48-63(8)59(4)44-67(89)12)52-93-97(95)105(81-34-24-32-77-75-30-20-22-36-85(75)109(93)100(77)81)83-55-82(101(110)98(103)102(83)111)104(96)80-33-23-31-76-74-29-19-21-35-84(74)108(92)99(76)80/h13-55H,1-12H3. The molecule has 0 atom stereocenters. The molecular formula is C102H79B3N6. The summed E-state index contributed by atoms with van der Waals surface area (Å²) in [7, 11) is 0. The van der Waals surface area contributed by atoms with Gasteiger partial charge in [0.15, 0.2) is 0 Å². The Morgan fingerprint density at radius 1 is 0.225 bits per heavy atom. The molecule has 6 nitrogen and oxygen atoms in total. The first kappa shape index (κ1) is 64.3. The number of hydrogen-bond donors (Lipinski definition) is 0. The van der Waals surface area contributed by atoms with Crippen LogP contribution < -0.4 is 68.8 Å². The first-order chi connectivity index (χ1) is 54.0. The molecule has 0 spiro atoms. The van der Waals surface area contributed by atoms with Gasteiger partial charge in [-0.05, 0) is 294 Å². The van der Waals surface area contributed by atoms with Gasteiger partial charge in [0.1, 0.15) is 0 Å². The van der Waals surface area contributed by atoms with Crippen LogP contribution in [0.5, 0.6) is 0 Å². The Kier molecular flexibility index (Phi) is 13.3. The molecule has 0 aliphatic carbocycles. The van der Waals surface area contributed by atoms with Gasteiger partial charge in [-0.1, -0.05) is 188 Å². The van der Waals surface area contributed by atoms with Crippen molar-refractivity contribution in [2.45, 2.75) is 83.1 Å². The van der Waals surface area contributed by atoms with Crippen LogP contribution in [0.3, 0.4) is 0 Å². The molecule has 0 radical (unpaired) electrons. The fourth-order valence-electron chi connectivity index (χ4n) is 21.1. The molecule has 6 aliphatic heterocycles. The van der Waals surface area contributed by atoms with E-state index in [0.29, 0.717) is 0 Å². The molecule has 0 N–H and O–H groups in total. The number of aryl methyl sites for hydroxylation is 12. The summed E-state index contributed by atoms with van der Waals surface area (Å²) < 4.78 is 5.34. The van der Waals surface area contributed by atoms with Gasteiger partial charge in [0.2, 0.25) is 0 Å². The van der Waals surface area contributed by atoms with Gasteiger partial charge in [0, 0.05) is 101 Å². The smallest absolute Gasteiger partial charge is 0.252 e. The number of fused-ring (bicyclic) bond motifs is 20. The third kappa shape index (κ3) is 8.67. The van der Waals surface area contributed by atoms with Crippen LogP contribution in [-0.2, 0) is 0 Å². The first-order valence-electron chi connectivity index (χ1n) is 39.6. The second-order valence-electron chi connectivity index (χ2n) is 33.0. The summed E-state index contributed by atoms with van der Waals surface area (Å²) in [6, 6.07) is 103. The predicted molar refractivity (Wildman–Crippen MR) is 476 cm³/mol. The van der Waals surface area contributed by atoms with Gasteiger partial charge in [-0.3, -0.25) is 0 Å². The maximum absolute atomic E-state index is 2.81. The Balaban J connectivity index is 0.910. The minimum absolute atomic E-state index is 0.183. The Bertz CT molecular complexity index is 6570. The van der Waals surface area contributed by atoms with Crippen LogP contribution in [0.1, 0.15) is 66.8 Å². The largest absolute Gasteiger partial charge is 0.312 e. The van der Waals surface area contributed by atoms with Gasteiger partial charge < -0.3 is 28.7 Å². The molecule has 0 fully saturated rings. The fraction of sp³-hybridized carbons (Fsp3) is 0.118.